The molecule has 3 aliphatic rings. The minimum atomic E-state index is -4.73. The first kappa shape index (κ1) is 107. The molecule has 728 valence electrons. The number of aromatic amines is 1. The number of benzene rings is 2. The van der Waals surface area contributed by atoms with Crippen molar-refractivity contribution in [2.75, 3.05) is 65.1 Å². The summed E-state index contributed by atoms with van der Waals surface area (Å²) in [6.45, 7) is -8.49. The highest BCUT2D eigenvalue weighted by atomic mass is 32.7. The van der Waals surface area contributed by atoms with Crippen LogP contribution in [0.5, 0.6) is 5.75 Å². The molecule has 37 nitrogen and oxygen atoms in total. The van der Waals surface area contributed by atoms with E-state index in [0.717, 1.165) is 84.2 Å². The van der Waals surface area contributed by atoms with Crippen LogP contribution in [0.15, 0.2) is 78.5 Å². The van der Waals surface area contributed by atoms with Gasteiger partial charge in [-0.05, 0) is 54.7 Å². The number of aromatic nitrogens is 7. The number of H-pyrrole nitrogens is 1. The van der Waals surface area contributed by atoms with E-state index in [1.54, 1.807) is 24.3 Å². The number of likely N-dealkylation sites (N-methyl/N-ethyl adjacent to an activating group) is 1. The molecule has 131 heavy (non-hydrogen) atoms. The lowest BCUT2D eigenvalue weighted by Crippen LogP contribution is -2.35. The average Bonchev–Trinajstić information content (AvgIpc) is 1.54. The maximum absolute atomic E-state index is 16.8. The van der Waals surface area contributed by atoms with Crippen molar-refractivity contribution in [3.05, 3.63) is 107 Å². The van der Waals surface area contributed by atoms with Crippen molar-refractivity contribution in [1.82, 2.24) is 49.6 Å². The zero-order chi connectivity index (χ0) is 94.0. The number of ether oxygens (including phenoxy) is 7. The maximum Gasteiger partial charge on any atom is 0.472 e. The highest BCUT2D eigenvalue weighted by molar-refractivity contribution is 8.44. The van der Waals surface area contributed by atoms with E-state index < -0.39 is 156 Å². The van der Waals surface area contributed by atoms with Crippen LogP contribution in [0.1, 0.15) is 273 Å². The number of nitrogens with zero attached hydrogens (tertiary/aromatic N) is 7. The van der Waals surface area contributed by atoms with Gasteiger partial charge in [0, 0.05) is 52.0 Å². The Hall–Kier alpha value is -7.85. The molecule has 3 fully saturated rings. The van der Waals surface area contributed by atoms with Crippen molar-refractivity contribution < 1.29 is 126 Å². The number of carbonyl (C=O) groups is 7. The zero-order valence-corrected chi connectivity index (χ0v) is 79.2. The Morgan fingerprint density at radius 3 is 1.78 bits per heavy atom. The van der Waals surface area contributed by atoms with Crippen molar-refractivity contribution in [3.63, 3.8) is 0 Å². The number of aliphatic hydroxyl groups excluding tert-OH is 1. The first-order valence-electron chi connectivity index (χ1n) is 45.7. The van der Waals surface area contributed by atoms with Crippen LogP contribution in [0.2, 0.25) is 0 Å². The normalized spacial score (nSPS) is 21.0. The SMILES string of the molecule is CCCCCCCCCCCCCCCCCC(=O)OC[C@H](COP(=O)(O)OCCNC(=O)CCCC(=O)NCc1ccc(C(=O)Oc2ccc(COC(=O)N(C)CCOC(=O)Nc3ncnc4c3ncn4[C@@H]3O[C@@H]4CO[P@@](=O)(S)O[C@@H]5[C@H](O)[C@@H](CO[P@@](=O)(S)O[C@H]4[C@H]3F)O[C@H]5n3cc(F)c4c(=O)[nH]cnc43)cc2)cc1)OC(=O)CCCCCCCCCCCCCCCCC. The van der Waals surface area contributed by atoms with E-state index in [-0.39, 0.29) is 111 Å². The van der Waals surface area contributed by atoms with Crippen LogP contribution >= 0.6 is 45.9 Å². The summed E-state index contributed by atoms with van der Waals surface area (Å²) in [6, 6.07) is 12.5. The standard InChI is InChI=1S/C87H128F2N11O26P3S2/c1-4-6-8-10-12-14-16-18-20-22-24-26-28-30-32-37-71(103)115-54-65(121-72(104)38-33-31-29-27-25-23-21-19-17-15-13-11-9-7-5-2)55-118-127(110,111)117-49-47-90-69(101)35-34-36-70(102)91-51-61-39-43-63(44-40-61)85(107)122-64-45-41-62(42-46-64)53-116-87(109)98(3)48-50-114-86(108)97-79-75-81(94-58-92-79)100(60-96-75)83-74(89)77-68(124-83)57-120-129(113,131)126-78-76(105)67(56-119-128(112,130)125-77)123-84(78)99-52-66(88)73-80(99)93-59-95-82(73)106/h39-46,52,58-60,65,67-68,74,76-78,83-84,105H,4-38,47-51,53-57H2,1-3H3,(H,90,101)(H,91,102)(H,110,111)(H,112,130)(H,113,131)(H,93,95,106)(H,92,94,97,108)/t65-,67-,68-,74-,76-,77-,78-,83-,84-,128-,129-/m1/s1. The molecule has 4 amide bonds. The Labute approximate surface area is 772 Å². The van der Waals surface area contributed by atoms with Crippen LogP contribution in [0.25, 0.3) is 22.2 Å². The fourth-order valence-electron chi connectivity index (χ4n) is 15.0. The Morgan fingerprint density at radius 2 is 1.18 bits per heavy atom. The fraction of sp³-hybridized carbons (Fsp3) is 0.655. The van der Waals surface area contributed by atoms with Crippen LogP contribution in [0, 0.1) is 5.82 Å². The second-order valence-electron chi connectivity index (χ2n) is 32.8. The van der Waals surface area contributed by atoms with E-state index in [0.29, 0.717) is 24.0 Å². The van der Waals surface area contributed by atoms with Gasteiger partial charge in [0.25, 0.3) is 5.56 Å². The third-order valence-electron chi connectivity index (χ3n) is 22.3. The molecular formula is C87H128F2N11O26P3S2. The number of aliphatic hydroxyl groups is 1. The Morgan fingerprint density at radius 1 is 0.626 bits per heavy atom. The summed E-state index contributed by atoms with van der Waals surface area (Å²) in [6.07, 6.45) is 23.1. The molecule has 6 N–H and O–H groups in total. The number of phosphoric ester groups is 1. The van der Waals surface area contributed by atoms with Gasteiger partial charge in [0.15, 0.2) is 53.2 Å². The molecule has 9 rings (SSSR count). The molecule has 3 saturated heterocycles. The molecule has 2 aromatic carbocycles. The van der Waals surface area contributed by atoms with Gasteiger partial charge in [0.1, 0.15) is 67.8 Å². The van der Waals surface area contributed by atoms with Crippen LogP contribution < -0.4 is 26.2 Å². The topological polar surface area (TPSA) is 465 Å². The number of rotatable bonds is 58. The fourth-order valence-corrected chi connectivity index (χ4v) is 18.7. The second kappa shape index (κ2) is 56.5. The van der Waals surface area contributed by atoms with Crippen LogP contribution in [0.4, 0.5) is 24.2 Å². The summed E-state index contributed by atoms with van der Waals surface area (Å²) in [7, 11) is -3.33. The number of unbranched alkanes of at least 4 members (excludes halogenated alkanes) is 28. The quantitative estimate of drug-likeness (QED) is 0.00439. The molecule has 0 saturated carbocycles. The smallest absolute Gasteiger partial charge is 0.462 e. The summed E-state index contributed by atoms with van der Waals surface area (Å²) < 4.78 is 146. The molecule has 44 heteroatoms. The molecule has 0 radical (unpaired) electrons. The van der Waals surface area contributed by atoms with Gasteiger partial charge in [-0.1, -0.05) is 242 Å². The first-order valence-corrected chi connectivity index (χ1v) is 52.6. The number of phosphoric acid groups is 1. The molecule has 2 bridgehead atoms. The summed E-state index contributed by atoms with van der Waals surface area (Å²) in [5, 5.41) is 18.6. The van der Waals surface area contributed by atoms with Gasteiger partial charge >= 0.3 is 51.5 Å². The number of nitrogens with one attached hydrogen (secondary N) is 4. The number of anilines is 1. The number of esters is 3. The van der Waals surface area contributed by atoms with Gasteiger partial charge in [-0.15, -0.1) is 0 Å². The number of halogens is 2. The second-order valence-corrected chi connectivity index (χ2v) is 40.0. The van der Waals surface area contributed by atoms with E-state index >= 15 is 8.78 Å². The number of imidazole rings is 1. The maximum atomic E-state index is 16.8. The lowest BCUT2D eigenvalue weighted by molar-refractivity contribution is -0.161. The Kier molecular flexibility index (Phi) is 46.1. The van der Waals surface area contributed by atoms with E-state index in [4.69, 9.17) is 60.3 Å². The monoisotopic (exact) mass is 1940 g/mol. The van der Waals surface area contributed by atoms with Gasteiger partial charge in [-0.3, -0.25) is 61.0 Å². The molecular weight excluding hydrogens is 1810 g/mol. The molecule has 1 unspecified atom stereocenters. The van der Waals surface area contributed by atoms with Crippen LogP contribution in [-0.2, 0) is 102 Å². The van der Waals surface area contributed by atoms with Crippen molar-refractivity contribution in [2.45, 2.75) is 307 Å². The molecule has 0 aliphatic carbocycles. The van der Waals surface area contributed by atoms with Crippen molar-refractivity contribution >= 4 is 116 Å². The average molecular weight is 1940 g/mol. The summed E-state index contributed by atoms with van der Waals surface area (Å²) in [4.78, 5) is 133. The van der Waals surface area contributed by atoms with E-state index in [1.165, 1.54) is 166 Å². The third kappa shape index (κ3) is 37.1. The minimum Gasteiger partial charge on any atom is -0.462 e. The zero-order valence-electron chi connectivity index (χ0n) is 74.8. The predicted octanol–water partition coefficient (Wildman–Crippen LogP) is 17.1. The van der Waals surface area contributed by atoms with E-state index in [9.17, 15) is 62.1 Å². The molecule has 12 atom stereocenters. The van der Waals surface area contributed by atoms with Crippen molar-refractivity contribution in [2.24, 2.45) is 0 Å². The van der Waals surface area contributed by atoms with Crippen LogP contribution in [-0.4, -0.2) is 193 Å². The highest BCUT2D eigenvalue weighted by Gasteiger charge is 2.54. The molecule has 7 heterocycles. The number of hydrogen-bond acceptors (Lipinski definition) is 29. The predicted molar refractivity (Wildman–Crippen MR) is 485 cm³/mol. The minimum absolute atomic E-state index is 0.00629. The number of alkyl halides is 1. The Balaban J connectivity index is 0.617. The molecule has 3 aliphatic heterocycles. The Bertz CT molecular complexity index is 4780. The highest BCUT2D eigenvalue weighted by Crippen LogP contribution is 2.61. The number of thiol groups is 2. The molecule has 0 spiro atoms. The van der Waals surface area contributed by atoms with Crippen molar-refractivity contribution in [1.29, 1.82) is 0 Å². The number of hydrogen-bond donors (Lipinski definition) is 8. The van der Waals surface area contributed by atoms with Crippen molar-refractivity contribution in [3.8, 4) is 5.75 Å². The largest absolute Gasteiger partial charge is 0.472 e. The van der Waals surface area contributed by atoms with E-state index in [1.807, 2.05) is 0 Å². The summed E-state index contributed by atoms with van der Waals surface area (Å²) in [5.74, 6) is -3.49. The first-order chi connectivity index (χ1) is 63.1. The lowest BCUT2D eigenvalue weighted by Gasteiger charge is -2.26. The number of fused-ring (bicyclic) bond motifs is 5. The number of amides is 4. The van der Waals surface area contributed by atoms with Gasteiger partial charge in [0.2, 0.25) is 11.8 Å². The summed E-state index contributed by atoms with van der Waals surface area (Å²) in [5.41, 5.74) is 0.124. The van der Waals surface area contributed by atoms with E-state index in [2.05, 4.69) is 79.2 Å². The third-order valence-corrected chi connectivity index (χ3v) is 26.6. The number of carbonyl (C=O) groups excluding carboxylic acids is 7. The van der Waals surface area contributed by atoms with Crippen LogP contribution in [0.3, 0.4) is 0 Å². The van der Waals surface area contributed by atoms with Gasteiger partial charge in [0.05, 0.1) is 51.2 Å². The van der Waals surface area contributed by atoms with Gasteiger partial charge in [-0.25, -0.2) is 56.8 Å². The van der Waals surface area contributed by atoms with Gasteiger partial charge < -0.3 is 68.2 Å². The molecule has 4 aromatic heterocycles. The lowest BCUT2D eigenvalue weighted by atomic mass is 10.0. The molecule has 6 aromatic rings. The van der Waals surface area contributed by atoms with Gasteiger partial charge in [-0.2, -0.15) is 0 Å². The summed E-state index contributed by atoms with van der Waals surface area (Å²) >= 11 is 8.11.